The zero-order valence-electron chi connectivity index (χ0n) is 9.49. The second-order valence-electron chi connectivity index (χ2n) is 4.13. The quantitative estimate of drug-likeness (QED) is 0.739. The van der Waals surface area contributed by atoms with E-state index in [-0.39, 0.29) is 6.54 Å². The minimum Gasteiger partial charge on any atom is -0.445 e. The van der Waals surface area contributed by atoms with Gasteiger partial charge in [-0.3, -0.25) is 0 Å². The van der Waals surface area contributed by atoms with Crippen LogP contribution < -0.4 is 11.1 Å². The molecule has 0 saturated heterocycles. The lowest BCUT2D eigenvalue weighted by atomic mass is 10.2. The maximum atomic E-state index is 11.1. The number of primary amides is 1. The van der Waals surface area contributed by atoms with Crippen LogP contribution in [-0.4, -0.2) is 30.4 Å². The first-order valence-corrected chi connectivity index (χ1v) is 4.63. The Morgan fingerprint density at radius 3 is 2.33 bits per heavy atom. The molecular weight excluding hydrogens is 200 g/mol. The molecule has 0 aliphatic rings. The maximum Gasteiger partial charge on any atom is 0.407 e. The van der Waals surface area contributed by atoms with Crippen LogP contribution in [-0.2, 0) is 9.47 Å². The van der Waals surface area contributed by atoms with Crippen LogP contribution in [0.2, 0.25) is 0 Å². The molecule has 2 amide bonds. The summed E-state index contributed by atoms with van der Waals surface area (Å²) in [5, 5.41) is 2.45. The summed E-state index contributed by atoms with van der Waals surface area (Å²) in [7, 11) is 0. The van der Waals surface area contributed by atoms with E-state index in [0.29, 0.717) is 0 Å². The molecule has 0 fully saturated rings. The Labute approximate surface area is 89.1 Å². The number of carbonyl (C=O) groups excluding carboxylic acids is 2. The molecule has 0 bridgehead atoms. The normalized spacial score (nSPS) is 12.8. The van der Waals surface area contributed by atoms with Crippen LogP contribution in [0.25, 0.3) is 0 Å². The van der Waals surface area contributed by atoms with Crippen LogP contribution in [0.1, 0.15) is 27.7 Å². The zero-order valence-corrected chi connectivity index (χ0v) is 9.49. The minimum atomic E-state index is -0.867. The topological polar surface area (TPSA) is 90.7 Å². The highest BCUT2D eigenvalue weighted by Crippen LogP contribution is 2.06. The van der Waals surface area contributed by atoms with Crippen molar-refractivity contribution in [2.24, 2.45) is 5.73 Å². The fourth-order valence-corrected chi connectivity index (χ4v) is 0.781. The molecule has 0 aromatic heterocycles. The van der Waals surface area contributed by atoms with E-state index >= 15 is 0 Å². The molecule has 0 aliphatic carbocycles. The molecule has 0 radical (unpaired) electrons. The third kappa shape index (κ3) is 8.86. The Bertz CT molecular complexity index is 235. The van der Waals surface area contributed by atoms with Crippen molar-refractivity contribution in [3.8, 4) is 0 Å². The molecule has 6 heteroatoms. The second-order valence-corrected chi connectivity index (χ2v) is 4.13. The van der Waals surface area contributed by atoms with Gasteiger partial charge in [-0.2, -0.15) is 0 Å². The number of ether oxygens (including phenoxy) is 2. The fraction of sp³-hybridized carbons (Fsp3) is 0.778. The Morgan fingerprint density at radius 1 is 1.40 bits per heavy atom. The average Bonchev–Trinajstić information content (AvgIpc) is 1.96. The van der Waals surface area contributed by atoms with Gasteiger partial charge in [0.05, 0.1) is 6.54 Å². The Morgan fingerprint density at radius 2 is 1.93 bits per heavy atom. The summed E-state index contributed by atoms with van der Waals surface area (Å²) in [5.41, 5.74) is 4.25. The largest absolute Gasteiger partial charge is 0.445 e. The van der Waals surface area contributed by atoms with Crippen molar-refractivity contribution in [1.29, 1.82) is 0 Å². The molecule has 0 aromatic carbocycles. The molecule has 0 spiro atoms. The third-order valence-electron chi connectivity index (χ3n) is 1.25. The molecule has 3 N–H and O–H groups in total. The van der Waals surface area contributed by atoms with Gasteiger partial charge in [-0.15, -0.1) is 0 Å². The fourth-order valence-electron chi connectivity index (χ4n) is 0.781. The molecule has 6 nitrogen and oxygen atoms in total. The number of hydrogen-bond acceptors (Lipinski definition) is 4. The van der Waals surface area contributed by atoms with Gasteiger partial charge in [0.1, 0.15) is 11.7 Å². The average molecular weight is 218 g/mol. The summed E-state index contributed by atoms with van der Waals surface area (Å²) in [5.74, 6) is 0. The van der Waals surface area contributed by atoms with E-state index in [0.717, 1.165) is 0 Å². The predicted octanol–water partition coefficient (Wildman–Crippen LogP) is 0.995. The molecule has 15 heavy (non-hydrogen) atoms. The van der Waals surface area contributed by atoms with Gasteiger partial charge in [-0.25, -0.2) is 9.59 Å². The van der Waals surface area contributed by atoms with Crippen molar-refractivity contribution in [3.63, 3.8) is 0 Å². The Hall–Kier alpha value is -1.46. The van der Waals surface area contributed by atoms with Crippen LogP contribution in [0.15, 0.2) is 0 Å². The van der Waals surface area contributed by atoms with E-state index in [1.165, 1.54) is 0 Å². The van der Waals surface area contributed by atoms with Crippen LogP contribution in [0.3, 0.4) is 0 Å². The number of carbonyl (C=O) groups is 2. The summed E-state index contributed by atoms with van der Waals surface area (Å²) in [6, 6.07) is 0. The molecule has 0 heterocycles. The molecule has 1 atom stereocenters. The van der Waals surface area contributed by atoms with E-state index in [9.17, 15) is 9.59 Å². The van der Waals surface area contributed by atoms with Gasteiger partial charge in [-0.1, -0.05) is 0 Å². The number of amides is 2. The number of rotatable bonds is 3. The van der Waals surface area contributed by atoms with E-state index in [1.807, 2.05) is 0 Å². The SMILES string of the molecule is C[C@H](CNC(=O)OC(C)(C)C)OC(N)=O. The Kier molecular flexibility index (Phi) is 4.90. The second kappa shape index (κ2) is 5.43. The third-order valence-corrected chi connectivity index (χ3v) is 1.25. The van der Waals surface area contributed by atoms with Gasteiger partial charge in [0.2, 0.25) is 0 Å². The first-order valence-electron chi connectivity index (χ1n) is 4.63. The monoisotopic (exact) mass is 218 g/mol. The lowest BCUT2D eigenvalue weighted by Crippen LogP contribution is -2.38. The predicted molar refractivity (Wildman–Crippen MR) is 54.4 cm³/mol. The molecule has 0 unspecified atom stereocenters. The van der Waals surface area contributed by atoms with E-state index in [2.05, 4.69) is 10.1 Å². The minimum absolute atomic E-state index is 0.165. The molecule has 0 aromatic rings. The van der Waals surface area contributed by atoms with Crippen LogP contribution in [0.5, 0.6) is 0 Å². The molecule has 0 aliphatic heterocycles. The van der Waals surface area contributed by atoms with Crippen LogP contribution >= 0.6 is 0 Å². The number of nitrogens with two attached hydrogens (primary N) is 1. The molecule has 0 saturated carbocycles. The van der Waals surface area contributed by atoms with Gasteiger partial charge in [0, 0.05) is 0 Å². The van der Waals surface area contributed by atoms with Gasteiger partial charge in [0.15, 0.2) is 0 Å². The number of alkyl carbamates (subject to hydrolysis) is 1. The lowest BCUT2D eigenvalue weighted by molar-refractivity contribution is 0.0483. The van der Waals surface area contributed by atoms with Gasteiger partial charge >= 0.3 is 12.2 Å². The summed E-state index contributed by atoms with van der Waals surface area (Å²) < 4.78 is 9.57. The summed E-state index contributed by atoms with van der Waals surface area (Å²) >= 11 is 0. The summed E-state index contributed by atoms with van der Waals surface area (Å²) in [4.78, 5) is 21.5. The van der Waals surface area contributed by atoms with Crippen molar-refractivity contribution in [2.45, 2.75) is 39.4 Å². The number of hydrogen-bond donors (Lipinski definition) is 2. The van der Waals surface area contributed by atoms with E-state index in [4.69, 9.17) is 10.5 Å². The van der Waals surface area contributed by atoms with Crippen LogP contribution in [0.4, 0.5) is 9.59 Å². The maximum absolute atomic E-state index is 11.1. The van der Waals surface area contributed by atoms with E-state index in [1.54, 1.807) is 27.7 Å². The number of nitrogens with one attached hydrogen (secondary N) is 1. The highest BCUT2D eigenvalue weighted by atomic mass is 16.6. The van der Waals surface area contributed by atoms with Gasteiger partial charge in [0.25, 0.3) is 0 Å². The van der Waals surface area contributed by atoms with E-state index < -0.39 is 23.9 Å². The lowest BCUT2D eigenvalue weighted by Gasteiger charge is -2.20. The van der Waals surface area contributed by atoms with Crippen molar-refractivity contribution in [2.75, 3.05) is 6.54 Å². The zero-order chi connectivity index (χ0) is 12.1. The van der Waals surface area contributed by atoms with Crippen molar-refractivity contribution in [3.05, 3.63) is 0 Å². The molecule has 88 valence electrons. The first kappa shape index (κ1) is 13.5. The van der Waals surface area contributed by atoms with Gasteiger partial charge < -0.3 is 20.5 Å². The Balaban J connectivity index is 3.76. The highest BCUT2D eigenvalue weighted by molar-refractivity contribution is 5.68. The molecular formula is C9H18N2O4. The van der Waals surface area contributed by atoms with Crippen molar-refractivity contribution < 1.29 is 19.1 Å². The van der Waals surface area contributed by atoms with Crippen molar-refractivity contribution in [1.82, 2.24) is 5.32 Å². The standard InChI is InChI=1S/C9H18N2O4/c1-6(14-7(10)12)5-11-8(13)15-9(2,3)4/h6H,5H2,1-4H3,(H2,10,12)(H,11,13)/t6-/m1/s1. The summed E-state index contributed by atoms with van der Waals surface area (Å²) in [6.07, 6.45) is -1.90. The summed E-state index contributed by atoms with van der Waals surface area (Å²) in [6.45, 7) is 7.06. The van der Waals surface area contributed by atoms with Crippen LogP contribution in [0, 0.1) is 0 Å². The highest BCUT2D eigenvalue weighted by Gasteiger charge is 2.16. The first-order chi connectivity index (χ1) is 6.70. The smallest absolute Gasteiger partial charge is 0.407 e. The molecule has 0 rings (SSSR count). The van der Waals surface area contributed by atoms with Crippen molar-refractivity contribution >= 4 is 12.2 Å². The van der Waals surface area contributed by atoms with Gasteiger partial charge in [-0.05, 0) is 27.7 Å².